The van der Waals surface area contributed by atoms with E-state index in [0.29, 0.717) is 18.0 Å². The first-order chi connectivity index (χ1) is 15.5. The first kappa shape index (κ1) is 22.3. The number of benzene rings is 2. The second-order valence-corrected chi connectivity index (χ2v) is 8.27. The van der Waals surface area contributed by atoms with E-state index in [1.807, 2.05) is 6.07 Å². The molecule has 0 aromatic heterocycles. The molecule has 1 amide bonds. The number of hydrogen-bond acceptors (Lipinski definition) is 6. The zero-order valence-electron chi connectivity index (χ0n) is 18.1. The Bertz CT molecular complexity index is 1020. The number of fused-ring (bicyclic) bond motifs is 2. The van der Waals surface area contributed by atoms with Crippen molar-refractivity contribution in [2.75, 3.05) is 13.1 Å². The van der Waals surface area contributed by atoms with Crippen LogP contribution in [-0.4, -0.2) is 48.2 Å². The summed E-state index contributed by atoms with van der Waals surface area (Å²) in [5.74, 6) is -1.82. The Morgan fingerprint density at radius 1 is 1.25 bits per heavy atom. The average Bonchev–Trinajstić information content (AvgIpc) is 3.16. The summed E-state index contributed by atoms with van der Waals surface area (Å²) in [5.41, 5.74) is 4.06. The molecule has 0 spiro atoms. The summed E-state index contributed by atoms with van der Waals surface area (Å²) in [6.45, 7) is 4.80. The third kappa shape index (κ3) is 4.80. The van der Waals surface area contributed by atoms with Gasteiger partial charge in [0, 0.05) is 12.6 Å². The quantitative estimate of drug-likeness (QED) is 0.311. The number of amides is 1. The van der Waals surface area contributed by atoms with E-state index < -0.39 is 19.0 Å². The maximum absolute atomic E-state index is 12.7. The molecule has 168 valence electrons. The second-order valence-electron chi connectivity index (χ2n) is 8.27. The van der Waals surface area contributed by atoms with Crippen molar-refractivity contribution in [2.24, 2.45) is 0 Å². The van der Waals surface area contributed by atoms with E-state index >= 15 is 0 Å². The van der Waals surface area contributed by atoms with Gasteiger partial charge in [-0.05, 0) is 54.3 Å². The normalized spacial score (nSPS) is 19.1. The smallest absolute Gasteiger partial charge is 0.534 e. The van der Waals surface area contributed by atoms with Crippen molar-refractivity contribution in [1.29, 1.82) is 0 Å². The number of carboxylic acid groups (broad SMARTS) is 1. The fourth-order valence-corrected chi connectivity index (χ4v) is 4.45. The number of hydrogen-bond donors (Lipinski definition) is 5. The Kier molecular flexibility index (Phi) is 6.79. The van der Waals surface area contributed by atoms with Crippen molar-refractivity contribution < 1.29 is 24.4 Å². The molecule has 0 saturated carbocycles. The van der Waals surface area contributed by atoms with Crippen molar-refractivity contribution in [3.8, 4) is 5.75 Å². The van der Waals surface area contributed by atoms with Gasteiger partial charge in [0.15, 0.2) is 0 Å². The van der Waals surface area contributed by atoms with Gasteiger partial charge in [0.1, 0.15) is 5.75 Å². The number of carbonyl (C=O) groups is 2. The highest BCUT2D eigenvalue weighted by Crippen LogP contribution is 2.31. The molecule has 9 heteroatoms. The molecule has 2 aliphatic rings. The molecule has 32 heavy (non-hydrogen) atoms. The summed E-state index contributed by atoms with van der Waals surface area (Å²) >= 11 is 0. The zero-order valence-corrected chi connectivity index (χ0v) is 18.1. The summed E-state index contributed by atoms with van der Waals surface area (Å²) < 4.78 is 5.45. The molecule has 1 unspecified atom stereocenters. The molecule has 8 nitrogen and oxygen atoms in total. The molecule has 0 bridgehead atoms. The van der Waals surface area contributed by atoms with Crippen LogP contribution in [0.5, 0.6) is 5.75 Å². The summed E-state index contributed by atoms with van der Waals surface area (Å²) in [4.78, 5) is 24.0. The van der Waals surface area contributed by atoms with E-state index in [0.717, 1.165) is 31.6 Å². The molecule has 5 N–H and O–H groups in total. The molecule has 0 fully saturated rings. The van der Waals surface area contributed by atoms with Gasteiger partial charge in [-0.1, -0.05) is 37.3 Å². The number of rotatable bonds is 8. The lowest BCUT2D eigenvalue weighted by atomic mass is 9.72. The van der Waals surface area contributed by atoms with Crippen molar-refractivity contribution in [2.45, 2.75) is 44.7 Å². The van der Waals surface area contributed by atoms with Gasteiger partial charge in [0.05, 0.1) is 17.9 Å². The second kappa shape index (κ2) is 9.73. The Labute approximate surface area is 187 Å². The maximum atomic E-state index is 12.7. The van der Waals surface area contributed by atoms with E-state index in [9.17, 15) is 19.7 Å². The summed E-state index contributed by atoms with van der Waals surface area (Å²) in [7, 11) is -1.31. The lowest BCUT2D eigenvalue weighted by molar-refractivity contribution is -0.120. The van der Waals surface area contributed by atoms with Gasteiger partial charge in [0.25, 0.3) is 0 Å². The Hall–Kier alpha value is -2.88. The Morgan fingerprint density at radius 2 is 2.09 bits per heavy atom. The molecule has 2 aromatic carbocycles. The summed E-state index contributed by atoms with van der Waals surface area (Å²) in [5, 5.41) is 29.3. The molecule has 0 saturated heterocycles. The highest BCUT2D eigenvalue weighted by Gasteiger charge is 2.37. The first-order valence-electron chi connectivity index (χ1n) is 11.0. The van der Waals surface area contributed by atoms with E-state index in [1.165, 1.54) is 17.2 Å². The van der Waals surface area contributed by atoms with Crippen LogP contribution >= 0.6 is 0 Å². The van der Waals surface area contributed by atoms with Crippen LogP contribution in [0.2, 0.25) is 0 Å². The van der Waals surface area contributed by atoms with Crippen molar-refractivity contribution in [3.05, 3.63) is 64.2 Å². The van der Waals surface area contributed by atoms with Gasteiger partial charge in [0.2, 0.25) is 5.91 Å². The first-order valence-corrected chi connectivity index (χ1v) is 11.0. The minimum Gasteiger partial charge on any atom is -0.534 e. The van der Waals surface area contributed by atoms with E-state index in [2.05, 4.69) is 35.0 Å². The number of nitrogens with one attached hydrogen (secondary N) is 3. The van der Waals surface area contributed by atoms with Gasteiger partial charge in [-0.15, -0.1) is 0 Å². The van der Waals surface area contributed by atoms with Crippen LogP contribution in [0.3, 0.4) is 0 Å². The van der Waals surface area contributed by atoms with E-state index in [4.69, 9.17) is 4.65 Å². The predicted molar refractivity (Wildman–Crippen MR) is 121 cm³/mol. The standard InChI is InChI=1S/C23H28BN3O5/c1-2-25-9-8-19-17-7-6-14(10-16(17)13-26-19)11-21(28)27-20-12-15-4-3-5-18(23(29)30)22(15)32-24(20)31/h3-7,10,19-20,25-26,31H,2,8-9,11-13H2,1H3,(H,27,28)(H,29,30)/t19?,20-/m0/s1. The zero-order chi connectivity index (χ0) is 22.7. The van der Waals surface area contributed by atoms with Crippen LogP contribution < -0.4 is 20.6 Å². The number of carboxylic acids is 1. The lowest BCUT2D eigenvalue weighted by Gasteiger charge is -2.28. The minimum absolute atomic E-state index is 0.00172. The van der Waals surface area contributed by atoms with Crippen LogP contribution in [-0.2, 0) is 24.2 Å². The van der Waals surface area contributed by atoms with Crippen LogP contribution in [0, 0.1) is 0 Å². The number of aromatic carboxylic acids is 1. The lowest BCUT2D eigenvalue weighted by Crippen LogP contribution is -2.53. The third-order valence-corrected chi connectivity index (χ3v) is 6.04. The van der Waals surface area contributed by atoms with Gasteiger partial charge in [-0.25, -0.2) is 4.79 Å². The minimum atomic E-state index is -1.31. The maximum Gasteiger partial charge on any atom is 0.547 e. The van der Waals surface area contributed by atoms with Crippen LogP contribution in [0.4, 0.5) is 0 Å². The fourth-order valence-electron chi connectivity index (χ4n) is 4.45. The predicted octanol–water partition coefficient (Wildman–Crippen LogP) is 1.21. The SMILES string of the molecule is CCNCCC1NCc2cc(CC(=O)N[C@H]3Cc4cccc(C(=O)O)c4OB3O)ccc21. The summed E-state index contributed by atoms with van der Waals surface area (Å²) in [6.07, 6.45) is 1.51. The molecular weight excluding hydrogens is 409 g/mol. The van der Waals surface area contributed by atoms with Gasteiger partial charge in [-0.3, -0.25) is 4.79 Å². The third-order valence-electron chi connectivity index (χ3n) is 6.04. The molecule has 2 aliphatic heterocycles. The molecule has 0 aliphatic carbocycles. The van der Waals surface area contributed by atoms with E-state index in [-0.39, 0.29) is 23.6 Å². The molecular formula is C23H28BN3O5. The molecule has 0 radical (unpaired) electrons. The molecule has 2 atom stereocenters. The van der Waals surface area contributed by atoms with Crippen LogP contribution in [0.15, 0.2) is 36.4 Å². The highest BCUT2D eigenvalue weighted by molar-refractivity contribution is 6.47. The average molecular weight is 437 g/mol. The van der Waals surface area contributed by atoms with Gasteiger partial charge < -0.3 is 30.7 Å². The van der Waals surface area contributed by atoms with Crippen molar-refractivity contribution >= 4 is 19.0 Å². The van der Waals surface area contributed by atoms with Crippen molar-refractivity contribution in [3.63, 3.8) is 0 Å². The molecule has 2 heterocycles. The molecule has 4 rings (SSSR count). The van der Waals surface area contributed by atoms with E-state index in [1.54, 1.807) is 12.1 Å². The van der Waals surface area contributed by atoms with Gasteiger partial charge >= 0.3 is 13.1 Å². The number of para-hydroxylation sites is 1. The Balaban J connectivity index is 1.37. The highest BCUT2D eigenvalue weighted by atomic mass is 16.5. The van der Waals surface area contributed by atoms with Crippen LogP contribution in [0.1, 0.15) is 52.0 Å². The van der Waals surface area contributed by atoms with Gasteiger partial charge in [-0.2, -0.15) is 0 Å². The monoisotopic (exact) mass is 437 g/mol. The van der Waals surface area contributed by atoms with Crippen LogP contribution in [0.25, 0.3) is 0 Å². The number of carbonyl (C=O) groups excluding carboxylic acids is 1. The topological polar surface area (TPSA) is 120 Å². The molecule has 2 aromatic rings. The van der Waals surface area contributed by atoms with Crippen molar-refractivity contribution in [1.82, 2.24) is 16.0 Å². The summed E-state index contributed by atoms with van der Waals surface area (Å²) in [6, 6.07) is 11.3. The Morgan fingerprint density at radius 3 is 2.88 bits per heavy atom. The largest absolute Gasteiger partial charge is 0.547 e. The fraction of sp³-hybridized carbons (Fsp3) is 0.391.